The Hall–Kier alpha value is -2.13. The molecule has 0 fully saturated rings. The van der Waals surface area contributed by atoms with Crippen molar-refractivity contribution in [2.75, 3.05) is 7.05 Å². The highest BCUT2D eigenvalue weighted by molar-refractivity contribution is 5.97. The van der Waals surface area contributed by atoms with Crippen molar-refractivity contribution in [3.8, 4) is 0 Å². The molecule has 2 atom stereocenters. The molecular weight excluding hydrogens is 236 g/mol. The summed E-state index contributed by atoms with van der Waals surface area (Å²) < 4.78 is 0. The molecule has 0 radical (unpaired) electrons. The van der Waals surface area contributed by atoms with E-state index in [1.54, 1.807) is 4.90 Å². The van der Waals surface area contributed by atoms with Gasteiger partial charge in [-0.1, -0.05) is 48.5 Å². The largest absolute Gasteiger partial charge is 0.333 e. The lowest BCUT2D eigenvalue weighted by Gasteiger charge is -2.38. The van der Waals surface area contributed by atoms with Crippen LogP contribution in [0.25, 0.3) is 0 Å². The number of amides is 1. The van der Waals surface area contributed by atoms with E-state index < -0.39 is 0 Å². The van der Waals surface area contributed by atoms with E-state index in [9.17, 15) is 4.79 Å². The summed E-state index contributed by atoms with van der Waals surface area (Å²) in [5, 5.41) is 0. The third-order valence-electron chi connectivity index (χ3n) is 3.77. The van der Waals surface area contributed by atoms with Crippen molar-refractivity contribution >= 4 is 5.91 Å². The third kappa shape index (κ3) is 1.83. The summed E-state index contributed by atoms with van der Waals surface area (Å²) in [6.45, 7) is 0. The number of hydrogen-bond acceptors (Lipinski definition) is 2. The van der Waals surface area contributed by atoms with E-state index in [4.69, 9.17) is 5.73 Å². The number of nitrogens with two attached hydrogens (primary N) is 1. The zero-order valence-electron chi connectivity index (χ0n) is 10.8. The molecule has 1 amide bonds. The molecule has 3 heteroatoms. The Morgan fingerprint density at radius 1 is 1.00 bits per heavy atom. The van der Waals surface area contributed by atoms with E-state index >= 15 is 0 Å². The first-order chi connectivity index (χ1) is 9.20. The van der Waals surface area contributed by atoms with Crippen molar-refractivity contribution < 1.29 is 4.79 Å². The van der Waals surface area contributed by atoms with Gasteiger partial charge in [0, 0.05) is 12.6 Å². The minimum Gasteiger partial charge on any atom is -0.333 e. The van der Waals surface area contributed by atoms with Crippen LogP contribution in [0.15, 0.2) is 54.6 Å². The number of rotatable bonds is 1. The molecule has 0 saturated carbocycles. The Bertz CT molecular complexity index is 609. The molecular formula is C16H16N2O. The molecule has 0 saturated heterocycles. The molecule has 1 aliphatic heterocycles. The molecule has 0 unspecified atom stereocenters. The van der Waals surface area contributed by atoms with Gasteiger partial charge in [-0.25, -0.2) is 0 Å². The van der Waals surface area contributed by atoms with E-state index in [1.807, 2.05) is 61.6 Å². The lowest BCUT2D eigenvalue weighted by Crippen LogP contribution is -2.42. The van der Waals surface area contributed by atoms with E-state index in [-0.39, 0.29) is 18.0 Å². The second-order valence-corrected chi connectivity index (χ2v) is 4.88. The molecule has 1 aliphatic rings. The Morgan fingerprint density at radius 2 is 1.63 bits per heavy atom. The molecule has 0 spiro atoms. The summed E-state index contributed by atoms with van der Waals surface area (Å²) in [6, 6.07) is 17.2. The van der Waals surface area contributed by atoms with Gasteiger partial charge in [-0.05, 0) is 17.2 Å². The monoisotopic (exact) mass is 252 g/mol. The lowest BCUT2D eigenvalue weighted by atomic mass is 9.86. The molecule has 2 N–H and O–H groups in total. The molecule has 1 heterocycles. The van der Waals surface area contributed by atoms with Gasteiger partial charge in [0.2, 0.25) is 0 Å². The highest BCUT2D eigenvalue weighted by Gasteiger charge is 2.36. The van der Waals surface area contributed by atoms with E-state index in [0.717, 1.165) is 11.1 Å². The second-order valence-electron chi connectivity index (χ2n) is 4.88. The van der Waals surface area contributed by atoms with Gasteiger partial charge in [0.1, 0.15) is 0 Å². The van der Waals surface area contributed by atoms with Crippen LogP contribution in [0.5, 0.6) is 0 Å². The fraction of sp³-hybridized carbons (Fsp3) is 0.188. The van der Waals surface area contributed by atoms with Crippen LogP contribution in [0, 0.1) is 0 Å². The minimum atomic E-state index is -0.193. The first kappa shape index (κ1) is 11.9. The summed E-state index contributed by atoms with van der Waals surface area (Å²) in [5.41, 5.74) is 9.09. The summed E-state index contributed by atoms with van der Waals surface area (Å²) in [4.78, 5) is 14.2. The molecule has 0 aromatic heterocycles. The number of likely N-dealkylation sites (N-methyl/N-ethyl adjacent to an activating group) is 1. The molecule has 0 bridgehead atoms. The molecule has 0 aliphatic carbocycles. The summed E-state index contributed by atoms with van der Waals surface area (Å²) in [6.07, 6.45) is 0. The minimum absolute atomic E-state index is 0.0335. The van der Waals surface area contributed by atoms with E-state index in [1.165, 1.54) is 0 Å². The SMILES string of the molecule is CN1C(=O)c2ccccc2[C@@H](N)[C@@H]1c1ccccc1. The molecule has 96 valence electrons. The highest BCUT2D eigenvalue weighted by atomic mass is 16.2. The number of hydrogen-bond donors (Lipinski definition) is 1. The number of carbonyl (C=O) groups excluding carboxylic acids is 1. The number of carbonyl (C=O) groups is 1. The number of fused-ring (bicyclic) bond motifs is 1. The Labute approximate surface area is 112 Å². The maximum atomic E-state index is 12.4. The molecule has 19 heavy (non-hydrogen) atoms. The van der Waals surface area contributed by atoms with Crippen LogP contribution in [-0.4, -0.2) is 17.9 Å². The highest BCUT2D eigenvalue weighted by Crippen LogP contribution is 2.38. The Morgan fingerprint density at radius 3 is 2.37 bits per heavy atom. The molecule has 2 aromatic carbocycles. The van der Waals surface area contributed by atoms with Gasteiger partial charge in [0.15, 0.2) is 0 Å². The Kier molecular flexibility index (Phi) is 2.84. The zero-order valence-corrected chi connectivity index (χ0v) is 10.8. The lowest BCUT2D eigenvalue weighted by molar-refractivity contribution is 0.0673. The summed E-state index contributed by atoms with van der Waals surface area (Å²) in [7, 11) is 1.82. The van der Waals surface area contributed by atoms with Gasteiger partial charge >= 0.3 is 0 Å². The van der Waals surface area contributed by atoms with Crippen molar-refractivity contribution in [2.24, 2.45) is 5.73 Å². The predicted octanol–water partition coefficient (Wildman–Crippen LogP) is 2.51. The zero-order chi connectivity index (χ0) is 13.4. The third-order valence-corrected chi connectivity index (χ3v) is 3.77. The summed E-state index contributed by atoms with van der Waals surface area (Å²) in [5.74, 6) is 0.0335. The first-order valence-electron chi connectivity index (χ1n) is 6.37. The van der Waals surface area contributed by atoms with Gasteiger partial charge in [0.25, 0.3) is 5.91 Å². The molecule has 2 aromatic rings. The van der Waals surface area contributed by atoms with Crippen molar-refractivity contribution in [1.82, 2.24) is 4.90 Å². The standard InChI is InChI=1S/C16H16N2O/c1-18-15(11-7-3-2-4-8-11)14(17)12-9-5-6-10-13(12)16(18)19/h2-10,14-15H,17H2,1H3/t14-,15+/m1/s1. The van der Waals surface area contributed by atoms with Crippen LogP contribution in [-0.2, 0) is 0 Å². The van der Waals surface area contributed by atoms with Gasteiger partial charge < -0.3 is 10.6 Å². The first-order valence-corrected chi connectivity index (χ1v) is 6.37. The number of benzene rings is 2. The normalized spacial score (nSPS) is 22.2. The maximum Gasteiger partial charge on any atom is 0.254 e. The van der Waals surface area contributed by atoms with Crippen molar-refractivity contribution in [2.45, 2.75) is 12.1 Å². The van der Waals surface area contributed by atoms with Crippen LogP contribution in [0.3, 0.4) is 0 Å². The van der Waals surface area contributed by atoms with Crippen LogP contribution >= 0.6 is 0 Å². The van der Waals surface area contributed by atoms with Crippen molar-refractivity contribution in [3.05, 3.63) is 71.3 Å². The average Bonchev–Trinajstić information content (AvgIpc) is 2.46. The molecule has 3 nitrogen and oxygen atoms in total. The van der Waals surface area contributed by atoms with Gasteiger partial charge in [-0.15, -0.1) is 0 Å². The van der Waals surface area contributed by atoms with Crippen LogP contribution in [0.1, 0.15) is 33.6 Å². The quantitative estimate of drug-likeness (QED) is 0.847. The van der Waals surface area contributed by atoms with Gasteiger partial charge in [-0.2, -0.15) is 0 Å². The van der Waals surface area contributed by atoms with Gasteiger partial charge in [-0.3, -0.25) is 4.79 Å². The fourth-order valence-electron chi connectivity index (χ4n) is 2.79. The smallest absolute Gasteiger partial charge is 0.254 e. The predicted molar refractivity (Wildman–Crippen MR) is 74.6 cm³/mol. The summed E-state index contributed by atoms with van der Waals surface area (Å²) >= 11 is 0. The van der Waals surface area contributed by atoms with Gasteiger partial charge in [0.05, 0.1) is 12.1 Å². The topological polar surface area (TPSA) is 46.3 Å². The maximum absolute atomic E-state index is 12.4. The van der Waals surface area contributed by atoms with Crippen molar-refractivity contribution in [3.63, 3.8) is 0 Å². The average molecular weight is 252 g/mol. The van der Waals surface area contributed by atoms with E-state index in [2.05, 4.69) is 0 Å². The molecule has 3 rings (SSSR count). The van der Waals surface area contributed by atoms with Crippen LogP contribution in [0.4, 0.5) is 0 Å². The Balaban J connectivity index is 2.12. The van der Waals surface area contributed by atoms with Crippen molar-refractivity contribution in [1.29, 1.82) is 0 Å². The number of nitrogens with zero attached hydrogens (tertiary/aromatic N) is 1. The second kappa shape index (κ2) is 4.52. The van der Waals surface area contributed by atoms with Crippen LogP contribution < -0.4 is 5.73 Å². The van der Waals surface area contributed by atoms with Crippen LogP contribution in [0.2, 0.25) is 0 Å². The fourth-order valence-corrected chi connectivity index (χ4v) is 2.79. The van der Waals surface area contributed by atoms with E-state index in [0.29, 0.717) is 5.56 Å².